The zero-order chi connectivity index (χ0) is 12.2. The Hall–Kier alpha value is 0.0600. The maximum Gasteiger partial charge on any atom is 0.0795 e. The fourth-order valence-electron chi connectivity index (χ4n) is 1.64. The molecule has 1 aromatic rings. The number of nitrogens with one attached hydrogen (secondary N) is 1. The van der Waals surface area contributed by atoms with E-state index in [4.69, 9.17) is 10.6 Å². The standard InChI is InChI=1S/C11H19BrN2OS/c1-4-15-11(2,3)9(14-13)7-8-5-6-10(12)16-8/h5-6,9,14H,4,7,13H2,1-3H3. The molecule has 1 heterocycles. The lowest BCUT2D eigenvalue weighted by molar-refractivity contribution is -0.0379. The molecule has 0 aromatic carbocycles. The fraction of sp³-hybridized carbons (Fsp3) is 0.636. The molecule has 0 amide bonds. The van der Waals surface area contributed by atoms with Crippen LogP contribution in [-0.2, 0) is 11.2 Å². The zero-order valence-corrected chi connectivity index (χ0v) is 12.3. The smallest absolute Gasteiger partial charge is 0.0795 e. The molecular weight excluding hydrogens is 288 g/mol. The van der Waals surface area contributed by atoms with Crippen molar-refractivity contribution in [3.8, 4) is 0 Å². The van der Waals surface area contributed by atoms with Crippen LogP contribution in [0.2, 0.25) is 0 Å². The molecule has 92 valence electrons. The normalized spacial score (nSPS) is 14.1. The molecule has 0 aliphatic carbocycles. The third-order valence-corrected chi connectivity index (χ3v) is 4.24. The van der Waals surface area contributed by atoms with Crippen LogP contribution in [0.25, 0.3) is 0 Å². The first-order valence-electron chi connectivity index (χ1n) is 5.34. The Morgan fingerprint density at radius 1 is 1.56 bits per heavy atom. The molecule has 0 saturated heterocycles. The minimum absolute atomic E-state index is 0.109. The highest BCUT2D eigenvalue weighted by Gasteiger charge is 2.29. The van der Waals surface area contributed by atoms with Crippen LogP contribution in [0, 0.1) is 0 Å². The summed E-state index contributed by atoms with van der Waals surface area (Å²) in [6, 6.07) is 4.28. The first kappa shape index (κ1) is 14.1. The van der Waals surface area contributed by atoms with E-state index in [1.165, 1.54) is 4.88 Å². The lowest BCUT2D eigenvalue weighted by atomic mass is 9.95. The number of rotatable bonds is 6. The molecule has 3 nitrogen and oxygen atoms in total. The van der Waals surface area contributed by atoms with E-state index in [0.29, 0.717) is 6.61 Å². The van der Waals surface area contributed by atoms with E-state index in [1.54, 1.807) is 11.3 Å². The molecule has 0 fully saturated rings. The second-order valence-corrected chi connectivity index (χ2v) is 6.71. The maximum absolute atomic E-state index is 5.71. The van der Waals surface area contributed by atoms with Gasteiger partial charge in [-0.1, -0.05) is 0 Å². The average molecular weight is 307 g/mol. The second-order valence-electron chi connectivity index (χ2n) is 4.17. The van der Waals surface area contributed by atoms with Crippen molar-refractivity contribution >= 4 is 27.3 Å². The molecule has 1 unspecified atom stereocenters. The van der Waals surface area contributed by atoms with Crippen LogP contribution in [0.4, 0.5) is 0 Å². The molecule has 3 N–H and O–H groups in total. The van der Waals surface area contributed by atoms with Gasteiger partial charge in [0.1, 0.15) is 0 Å². The van der Waals surface area contributed by atoms with Gasteiger partial charge >= 0.3 is 0 Å². The van der Waals surface area contributed by atoms with Gasteiger partial charge in [0.15, 0.2) is 0 Å². The van der Waals surface area contributed by atoms with Crippen LogP contribution in [0.1, 0.15) is 25.6 Å². The van der Waals surface area contributed by atoms with Gasteiger partial charge in [0, 0.05) is 17.9 Å². The van der Waals surface area contributed by atoms with Gasteiger partial charge in [-0.2, -0.15) is 0 Å². The van der Waals surface area contributed by atoms with E-state index in [1.807, 2.05) is 6.92 Å². The van der Waals surface area contributed by atoms with Gasteiger partial charge in [-0.3, -0.25) is 11.3 Å². The van der Waals surface area contributed by atoms with Crippen molar-refractivity contribution in [2.75, 3.05) is 6.61 Å². The van der Waals surface area contributed by atoms with Crippen LogP contribution in [0.5, 0.6) is 0 Å². The van der Waals surface area contributed by atoms with E-state index in [0.717, 1.165) is 10.2 Å². The van der Waals surface area contributed by atoms with Crippen LogP contribution < -0.4 is 11.3 Å². The summed E-state index contributed by atoms with van der Waals surface area (Å²) in [5.41, 5.74) is 2.59. The molecule has 5 heteroatoms. The van der Waals surface area contributed by atoms with E-state index < -0.39 is 0 Å². The van der Waals surface area contributed by atoms with E-state index in [2.05, 4.69) is 47.3 Å². The van der Waals surface area contributed by atoms with Crippen molar-refractivity contribution in [2.24, 2.45) is 5.84 Å². The van der Waals surface area contributed by atoms with Crippen LogP contribution in [0.15, 0.2) is 15.9 Å². The topological polar surface area (TPSA) is 47.3 Å². The van der Waals surface area contributed by atoms with Crippen LogP contribution in [-0.4, -0.2) is 18.2 Å². The Labute approximate surface area is 109 Å². The fourth-order valence-corrected chi connectivity index (χ4v) is 3.17. The first-order valence-corrected chi connectivity index (χ1v) is 6.95. The minimum atomic E-state index is -0.264. The molecule has 0 aliphatic heterocycles. The van der Waals surface area contributed by atoms with Gasteiger partial charge in [-0.05, 0) is 48.8 Å². The Kier molecular flexibility index (Phi) is 5.40. The summed E-state index contributed by atoms with van der Waals surface area (Å²) in [5, 5.41) is 0. The van der Waals surface area contributed by atoms with Gasteiger partial charge in [-0.25, -0.2) is 0 Å². The molecular formula is C11H19BrN2OS. The van der Waals surface area contributed by atoms with E-state index in [-0.39, 0.29) is 11.6 Å². The van der Waals surface area contributed by atoms with Crippen molar-refractivity contribution < 1.29 is 4.74 Å². The van der Waals surface area contributed by atoms with E-state index >= 15 is 0 Å². The summed E-state index contributed by atoms with van der Waals surface area (Å²) in [4.78, 5) is 1.29. The number of hydrogen-bond acceptors (Lipinski definition) is 4. The van der Waals surface area contributed by atoms with Crippen molar-refractivity contribution in [1.29, 1.82) is 0 Å². The lowest BCUT2D eigenvalue weighted by Gasteiger charge is -2.33. The molecule has 0 bridgehead atoms. The molecule has 1 atom stereocenters. The van der Waals surface area contributed by atoms with Gasteiger partial charge in [0.05, 0.1) is 15.4 Å². The number of ether oxygens (including phenoxy) is 1. The number of thiophene rings is 1. The highest BCUT2D eigenvalue weighted by molar-refractivity contribution is 9.11. The van der Waals surface area contributed by atoms with Crippen molar-refractivity contribution in [3.05, 3.63) is 20.8 Å². The number of nitrogens with two attached hydrogens (primary N) is 1. The van der Waals surface area contributed by atoms with Crippen molar-refractivity contribution in [3.63, 3.8) is 0 Å². The largest absolute Gasteiger partial charge is 0.374 e. The molecule has 16 heavy (non-hydrogen) atoms. The predicted molar refractivity (Wildman–Crippen MR) is 72.5 cm³/mol. The van der Waals surface area contributed by atoms with E-state index in [9.17, 15) is 0 Å². The minimum Gasteiger partial charge on any atom is -0.374 e. The third-order valence-electron chi connectivity index (χ3n) is 2.59. The number of hydrazine groups is 1. The van der Waals surface area contributed by atoms with Gasteiger partial charge in [-0.15, -0.1) is 11.3 Å². The first-order chi connectivity index (χ1) is 7.49. The number of halogens is 1. The maximum atomic E-state index is 5.71. The Balaban J connectivity index is 2.68. The Morgan fingerprint density at radius 3 is 2.69 bits per heavy atom. The lowest BCUT2D eigenvalue weighted by Crippen LogP contribution is -2.52. The number of hydrogen-bond donors (Lipinski definition) is 2. The summed E-state index contributed by atoms with van der Waals surface area (Å²) in [6.45, 7) is 6.81. The van der Waals surface area contributed by atoms with Crippen LogP contribution in [0.3, 0.4) is 0 Å². The van der Waals surface area contributed by atoms with Gasteiger partial charge < -0.3 is 4.74 Å². The SMILES string of the molecule is CCOC(C)(C)C(Cc1ccc(Br)s1)NN. The molecule has 0 saturated carbocycles. The average Bonchev–Trinajstić information content (AvgIpc) is 2.60. The molecule has 0 aliphatic rings. The summed E-state index contributed by atoms with van der Waals surface area (Å²) in [7, 11) is 0. The van der Waals surface area contributed by atoms with Gasteiger partial charge in [0.2, 0.25) is 0 Å². The molecule has 0 radical (unpaired) electrons. The molecule has 0 spiro atoms. The molecule has 1 rings (SSSR count). The summed E-state index contributed by atoms with van der Waals surface area (Å²) < 4.78 is 6.86. The zero-order valence-electron chi connectivity index (χ0n) is 9.92. The quantitative estimate of drug-likeness (QED) is 0.627. The van der Waals surface area contributed by atoms with Crippen molar-refractivity contribution in [1.82, 2.24) is 5.43 Å². The molecule has 1 aromatic heterocycles. The van der Waals surface area contributed by atoms with Crippen LogP contribution >= 0.6 is 27.3 Å². The second kappa shape index (κ2) is 6.12. The third kappa shape index (κ3) is 3.82. The van der Waals surface area contributed by atoms with Crippen molar-refractivity contribution in [2.45, 2.75) is 38.8 Å². The Morgan fingerprint density at radius 2 is 2.25 bits per heavy atom. The highest BCUT2D eigenvalue weighted by atomic mass is 79.9. The van der Waals surface area contributed by atoms with Gasteiger partial charge in [0.25, 0.3) is 0 Å². The predicted octanol–water partition coefficient (Wildman–Crippen LogP) is 2.70. The highest BCUT2D eigenvalue weighted by Crippen LogP contribution is 2.26. The Bertz CT molecular complexity index is 328. The monoisotopic (exact) mass is 306 g/mol. The summed E-state index contributed by atoms with van der Waals surface area (Å²) >= 11 is 5.19. The summed E-state index contributed by atoms with van der Waals surface area (Å²) in [5.74, 6) is 5.61. The summed E-state index contributed by atoms with van der Waals surface area (Å²) in [6.07, 6.45) is 0.875.